The van der Waals surface area contributed by atoms with E-state index in [0.717, 1.165) is 4.88 Å². The van der Waals surface area contributed by atoms with Gasteiger partial charge in [-0.3, -0.25) is 4.79 Å². The van der Waals surface area contributed by atoms with Crippen molar-refractivity contribution >= 4 is 39.4 Å². The van der Waals surface area contributed by atoms with Crippen LogP contribution in [0.2, 0.25) is 0 Å². The van der Waals surface area contributed by atoms with Crippen molar-refractivity contribution < 1.29 is 14.6 Å². The van der Waals surface area contributed by atoms with Crippen LogP contribution in [0.5, 0.6) is 11.5 Å². The first kappa shape index (κ1) is 15.5. The van der Waals surface area contributed by atoms with Crippen molar-refractivity contribution in [2.45, 2.75) is 6.42 Å². The number of aromatic hydroxyl groups is 1. The summed E-state index contributed by atoms with van der Waals surface area (Å²) in [5.41, 5.74) is 3.15. The van der Waals surface area contributed by atoms with E-state index in [1.807, 2.05) is 17.5 Å². The third kappa shape index (κ3) is 4.30. The lowest BCUT2D eigenvalue weighted by molar-refractivity contribution is -0.120. The van der Waals surface area contributed by atoms with Gasteiger partial charge in [0.25, 0.3) is 0 Å². The second kappa shape index (κ2) is 7.24. The largest absolute Gasteiger partial charge is 0.503 e. The number of phenolic OH excluding ortho intramolecular Hbond substituents is 1. The maximum atomic E-state index is 11.7. The van der Waals surface area contributed by atoms with Crippen molar-refractivity contribution in [3.05, 3.63) is 44.6 Å². The van der Waals surface area contributed by atoms with Gasteiger partial charge in [0.1, 0.15) is 0 Å². The highest BCUT2D eigenvalue weighted by Gasteiger charge is 2.07. The Hall–Kier alpha value is -1.86. The molecule has 1 aromatic carbocycles. The molecule has 0 aliphatic rings. The molecule has 0 aliphatic heterocycles. The number of methoxy groups -OCH3 is 1. The third-order valence-corrected chi connectivity index (χ3v) is 4.07. The van der Waals surface area contributed by atoms with E-state index in [-0.39, 0.29) is 11.7 Å². The minimum Gasteiger partial charge on any atom is -0.503 e. The fraction of sp³-hybridized carbons (Fsp3) is 0.143. The van der Waals surface area contributed by atoms with Crippen LogP contribution in [0, 0.1) is 0 Å². The van der Waals surface area contributed by atoms with Crippen LogP contribution in [-0.4, -0.2) is 24.3 Å². The van der Waals surface area contributed by atoms with Gasteiger partial charge in [-0.15, -0.1) is 11.3 Å². The summed E-state index contributed by atoms with van der Waals surface area (Å²) in [6.45, 7) is 0. The number of amides is 1. The summed E-state index contributed by atoms with van der Waals surface area (Å²) < 4.78 is 5.53. The fourth-order valence-corrected chi connectivity index (χ4v) is 2.78. The van der Waals surface area contributed by atoms with Gasteiger partial charge >= 0.3 is 0 Å². The fourth-order valence-electron chi connectivity index (χ4n) is 1.61. The summed E-state index contributed by atoms with van der Waals surface area (Å²) in [6, 6.07) is 7.09. The van der Waals surface area contributed by atoms with Crippen molar-refractivity contribution in [3.8, 4) is 11.5 Å². The molecular formula is C14H13BrN2O3S. The third-order valence-electron chi connectivity index (χ3n) is 2.59. The lowest BCUT2D eigenvalue weighted by Crippen LogP contribution is -2.19. The number of hydrogen-bond donors (Lipinski definition) is 2. The van der Waals surface area contributed by atoms with Gasteiger partial charge in [0.2, 0.25) is 5.91 Å². The van der Waals surface area contributed by atoms with Crippen LogP contribution in [0.3, 0.4) is 0 Å². The van der Waals surface area contributed by atoms with E-state index in [2.05, 4.69) is 26.5 Å². The number of carbonyl (C=O) groups excluding carboxylic acids is 1. The van der Waals surface area contributed by atoms with E-state index in [4.69, 9.17) is 4.74 Å². The Morgan fingerprint density at radius 3 is 3.05 bits per heavy atom. The highest BCUT2D eigenvalue weighted by molar-refractivity contribution is 9.10. The second-order valence-electron chi connectivity index (χ2n) is 4.10. The quantitative estimate of drug-likeness (QED) is 0.629. The maximum absolute atomic E-state index is 11.7. The molecule has 0 bridgehead atoms. The predicted octanol–water partition coefficient (Wildman–Crippen LogP) is 2.92. The van der Waals surface area contributed by atoms with Crippen LogP contribution < -0.4 is 10.2 Å². The molecule has 1 amide bonds. The van der Waals surface area contributed by atoms with Gasteiger partial charge in [0, 0.05) is 4.88 Å². The summed E-state index contributed by atoms with van der Waals surface area (Å²) in [4.78, 5) is 12.6. The summed E-state index contributed by atoms with van der Waals surface area (Å²) in [5.74, 6) is 0.172. The second-order valence-corrected chi connectivity index (χ2v) is 5.99. The van der Waals surface area contributed by atoms with E-state index in [0.29, 0.717) is 22.2 Å². The van der Waals surface area contributed by atoms with Gasteiger partial charge < -0.3 is 9.84 Å². The van der Waals surface area contributed by atoms with Crippen molar-refractivity contribution in [3.63, 3.8) is 0 Å². The van der Waals surface area contributed by atoms with E-state index < -0.39 is 0 Å². The Morgan fingerprint density at radius 1 is 1.57 bits per heavy atom. The number of hydrazone groups is 1. The topological polar surface area (TPSA) is 70.9 Å². The molecule has 5 nitrogen and oxygen atoms in total. The van der Waals surface area contributed by atoms with Crippen LogP contribution in [0.1, 0.15) is 10.4 Å². The molecule has 2 aromatic rings. The summed E-state index contributed by atoms with van der Waals surface area (Å²) in [5, 5.41) is 15.5. The number of nitrogens with one attached hydrogen (secondary N) is 1. The van der Waals surface area contributed by atoms with Gasteiger partial charge in [-0.25, -0.2) is 5.43 Å². The van der Waals surface area contributed by atoms with Crippen molar-refractivity contribution in [2.24, 2.45) is 5.10 Å². The van der Waals surface area contributed by atoms with Crippen LogP contribution >= 0.6 is 27.3 Å². The minimum absolute atomic E-state index is 0.0244. The monoisotopic (exact) mass is 368 g/mol. The predicted molar refractivity (Wildman–Crippen MR) is 86.1 cm³/mol. The van der Waals surface area contributed by atoms with E-state index in [1.54, 1.807) is 12.1 Å². The molecule has 1 heterocycles. The normalized spacial score (nSPS) is 10.8. The average molecular weight is 369 g/mol. The molecule has 0 radical (unpaired) electrons. The van der Waals surface area contributed by atoms with Crippen LogP contribution in [-0.2, 0) is 11.2 Å². The molecule has 0 unspecified atom stereocenters. The molecule has 0 saturated heterocycles. The van der Waals surface area contributed by atoms with Gasteiger partial charge in [0.15, 0.2) is 11.5 Å². The molecule has 2 rings (SSSR count). The minimum atomic E-state index is -0.182. The first-order valence-electron chi connectivity index (χ1n) is 6.01. The van der Waals surface area contributed by atoms with Crippen LogP contribution in [0.4, 0.5) is 0 Å². The van der Waals surface area contributed by atoms with Gasteiger partial charge in [-0.1, -0.05) is 6.07 Å². The Morgan fingerprint density at radius 2 is 2.38 bits per heavy atom. The van der Waals surface area contributed by atoms with E-state index in [1.165, 1.54) is 24.7 Å². The number of thiophene rings is 1. The first-order valence-corrected chi connectivity index (χ1v) is 7.68. The van der Waals surface area contributed by atoms with Crippen LogP contribution in [0.25, 0.3) is 0 Å². The van der Waals surface area contributed by atoms with Crippen LogP contribution in [0.15, 0.2) is 39.2 Å². The number of hydrogen-bond acceptors (Lipinski definition) is 5. The zero-order valence-electron chi connectivity index (χ0n) is 11.2. The highest BCUT2D eigenvalue weighted by atomic mass is 79.9. The number of benzene rings is 1. The Kier molecular flexibility index (Phi) is 5.35. The van der Waals surface area contributed by atoms with Gasteiger partial charge in [0.05, 0.1) is 24.2 Å². The van der Waals surface area contributed by atoms with Crippen molar-refractivity contribution in [1.82, 2.24) is 5.43 Å². The highest BCUT2D eigenvalue weighted by Crippen LogP contribution is 2.34. The van der Waals surface area contributed by atoms with Crippen molar-refractivity contribution in [1.29, 1.82) is 0 Å². The number of carbonyl (C=O) groups is 1. The summed E-state index contributed by atoms with van der Waals surface area (Å²) >= 11 is 4.75. The molecular weight excluding hydrogens is 356 g/mol. The number of nitrogens with zero attached hydrogens (tertiary/aromatic N) is 1. The molecule has 21 heavy (non-hydrogen) atoms. The molecule has 1 aromatic heterocycles. The molecule has 0 saturated carbocycles. The number of rotatable bonds is 5. The van der Waals surface area contributed by atoms with E-state index in [9.17, 15) is 9.90 Å². The molecule has 0 atom stereocenters. The lowest BCUT2D eigenvalue weighted by Gasteiger charge is -2.06. The molecule has 0 spiro atoms. The number of phenols is 1. The number of halogens is 1. The first-order chi connectivity index (χ1) is 10.1. The SMILES string of the molecule is COc1cc(/C=N/NC(=O)Cc2cccs2)cc(Br)c1O. The smallest absolute Gasteiger partial charge is 0.245 e. The summed E-state index contributed by atoms with van der Waals surface area (Å²) in [6.07, 6.45) is 1.79. The van der Waals surface area contributed by atoms with Gasteiger partial charge in [-0.2, -0.15) is 5.10 Å². The molecule has 0 aliphatic carbocycles. The maximum Gasteiger partial charge on any atom is 0.245 e. The van der Waals surface area contributed by atoms with Crippen molar-refractivity contribution in [2.75, 3.05) is 7.11 Å². The standard InChI is InChI=1S/C14H13BrN2O3S/c1-20-12-6-9(5-11(15)14(12)19)8-16-17-13(18)7-10-3-2-4-21-10/h2-6,8,19H,7H2,1H3,(H,17,18)/b16-8+. The zero-order valence-corrected chi connectivity index (χ0v) is 13.6. The Balaban J connectivity index is 1.98. The van der Waals surface area contributed by atoms with E-state index >= 15 is 0 Å². The molecule has 0 fully saturated rings. The molecule has 110 valence electrons. The summed E-state index contributed by atoms with van der Waals surface area (Å²) in [7, 11) is 1.46. The average Bonchev–Trinajstić information content (AvgIpc) is 2.95. The lowest BCUT2D eigenvalue weighted by atomic mass is 10.2. The zero-order chi connectivity index (χ0) is 15.2. The Bertz CT molecular complexity index is 656. The Labute approximate surface area is 134 Å². The molecule has 2 N–H and O–H groups in total. The van der Waals surface area contributed by atoms with Gasteiger partial charge in [-0.05, 0) is 45.1 Å². The molecule has 7 heteroatoms. The number of ether oxygens (including phenoxy) is 1.